The first kappa shape index (κ1) is 71.3. The van der Waals surface area contributed by atoms with E-state index in [1.54, 1.807) is 0 Å². The molecular weight excluding hydrogens is 925 g/mol. The van der Waals surface area contributed by atoms with Gasteiger partial charge in [0, 0.05) is 19.3 Å². The van der Waals surface area contributed by atoms with Crippen LogP contribution in [0, 0.1) is 0 Å². The van der Waals surface area contributed by atoms with Crippen molar-refractivity contribution in [2.75, 3.05) is 13.2 Å². The van der Waals surface area contributed by atoms with Crippen LogP contribution in [0.1, 0.15) is 303 Å². The molecule has 0 aromatic heterocycles. The molecule has 1 atom stereocenters. The van der Waals surface area contributed by atoms with Gasteiger partial charge in [-0.25, -0.2) is 0 Å². The molecule has 0 saturated heterocycles. The molecule has 75 heavy (non-hydrogen) atoms. The van der Waals surface area contributed by atoms with Crippen LogP contribution in [0.15, 0.2) is 97.2 Å². The fourth-order valence-corrected chi connectivity index (χ4v) is 8.80. The molecule has 6 nitrogen and oxygen atoms in total. The van der Waals surface area contributed by atoms with Crippen LogP contribution in [0.4, 0.5) is 0 Å². The van der Waals surface area contributed by atoms with Crippen LogP contribution in [-0.2, 0) is 28.6 Å². The zero-order chi connectivity index (χ0) is 54.3. The number of hydrogen-bond donors (Lipinski definition) is 0. The summed E-state index contributed by atoms with van der Waals surface area (Å²) < 4.78 is 16.9. The molecule has 6 heteroatoms. The van der Waals surface area contributed by atoms with E-state index in [4.69, 9.17) is 14.2 Å². The summed E-state index contributed by atoms with van der Waals surface area (Å²) in [5, 5.41) is 0. The number of allylic oxidation sites excluding steroid dienone is 16. The highest BCUT2D eigenvalue weighted by Crippen LogP contribution is 2.16. The maximum atomic E-state index is 12.9. The third kappa shape index (κ3) is 61.1. The Morgan fingerprint density at radius 2 is 0.547 bits per heavy atom. The summed E-state index contributed by atoms with van der Waals surface area (Å²) in [6, 6.07) is 0. The minimum Gasteiger partial charge on any atom is -0.462 e. The van der Waals surface area contributed by atoms with E-state index in [0.717, 1.165) is 128 Å². The summed E-state index contributed by atoms with van der Waals surface area (Å²) in [7, 11) is 0. The summed E-state index contributed by atoms with van der Waals surface area (Å²) in [6.07, 6.45) is 84.3. The van der Waals surface area contributed by atoms with E-state index in [9.17, 15) is 14.4 Å². The van der Waals surface area contributed by atoms with E-state index in [0.29, 0.717) is 19.3 Å². The van der Waals surface area contributed by atoms with Gasteiger partial charge in [-0.05, 0) is 116 Å². The number of hydrogen-bond acceptors (Lipinski definition) is 6. The monoisotopic (exact) mass is 1040 g/mol. The Labute approximate surface area is 464 Å². The van der Waals surface area contributed by atoms with Crippen LogP contribution in [0.2, 0.25) is 0 Å². The van der Waals surface area contributed by atoms with Gasteiger partial charge < -0.3 is 14.2 Å². The van der Waals surface area contributed by atoms with Crippen molar-refractivity contribution in [3.63, 3.8) is 0 Å². The van der Waals surface area contributed by atoms with Crippen molar-refractivity contribution < 1.29 is 28.6 Å². The third-order valence-electron chi connectivity index (χ3n) is 13.5. The van der Waals surface area contributed by atoms with E-state index >= 15 is 0 Å². The lowest BCUT2D eigenvalue weighted by Gasteiger charge is -2.18. The van der Waals surface area contributed by atoms with Crippen LogP contribution < -0.4 is 0 Å². The van der Waals surface area contributed by atoms with Crippen molar-refractivity contribution in [3.05, 3.63) is 97.2 Å². The first-order valence-electron chi connectivity index (χ1n) is 31.7. The molecule has 1 unspecified atom stereocenters. The summed E-state index contributed by atoms with van der Waals surface area (Å²) >= 11 is 0. The Morgan fingerprint density at radius 1 is 0.280 bits per heavy atom. The highest BCUT2D eigenvalue weighted by atomic mass is 16.6. The molecule has 0 fully saturated rings. The average Bonchev–Trinajstić information content (AvgIpc) is 3.41. The first-order chi connectivity index (χ1) is 37.0. The maximum Gasteiger partial charge on any atom is 0.306 e. The molecule has 0 aromatic carbocycles. The van der Waals surface area contributed by atoms with Gasteiger partial charge in [-0.15, -0.1) is 0 Å². The molecule has 0 aromatic rings. The van der Waals surface area contributed by atoms with E-state index < -0.39 is 6.10 Å². The molecule has 0 aliphatic heterocycles. The molecule has 0 heterocycles. The summed E-state index contributed by atoms with van der Waals surface area (Å²) in [4.78, 5) is 38.2. The Balaban J connectivity index is 4.16. The van der Waals surface area contributed by atoms with Crippen molar-refractivity contribution in [2.24, 2.45) is 0 Å². The second-order valence-corrected chi connectivity index (χ2v) is 20.9. The Morgan fingerprint density at radius 3 is 0.880 bits per heavy atom. The predicted octanol–water partition coefficient (Wildman–Crippen LogP) is 21.7. The Kier molecular flexibility index (Phi) is 59.8. The van der Waals surface area contributed by atoms with Crippen LogP contribution in [0.25, 0.3) is 0 Å². The molecule has 0 rings (SSSR count). The number of carbonyl (C=O) groups excluding carboxylic acids is 3. The fraction of sp³-hybridized carbons (Fsp3) is 0.725. The molecule has 0 radical (unpaired) electrons. The van der Waals surface area contributed by atoms with E-state index in [-0.39, 0.29) is 31.1 Å². The van der Waals surface area contributed by atoms with Gasteiger partial charge in [-0.3, -0.25) is 14.4 Å². The van der Waals surface area contributed by atoms with E-state index in [2.05, 4.69) is 118 Å². The zero-order valence-corrected chi connectivity index (χ0v) is 49.3. The molecule has 0 spiro atoms. The maximum absolute atomic E-state index is 12.9. The molecular formula is C69H118O6. The number of rotatable bonds is 57. The topological polar surface area (TPSA) is 78.9 Å². The fourth-order valence-electron chi connectivity index (χ4n) is 8.80. The number of unbranched alkanes of at least 4 members (excludes halogenated alkanes) is 30. The molecule has 0 amide bonds. The molecule has 0 bridgehead atoms. The van der Waals surface area contributed by atoms with Crippen molar-refractivity contribution in [1.29, 1.82) is 0 Å². The van der Waals surface area contributed by atoms with Crippen molar-refractivity contribution >= 4 is 17.9 Å². The smallest absolute Gasteiger partial charge is 0.306 e. The lowest BCUT2D eigenvalue weighted by atomic mass is 10.0. The minimum atomic E-state index is -0.787. The standard InChI is InChI=1S/C69H118O6/c1-4-7-10-13-16-19-22-24-26-28-29-30-31-32-33-34-35-36-37-38-39-40-41-42-44-45-47-50-53-56-59-62-68(71)74-65-66(64-73-67(70)61-58-55-52-49-21-18-15-12-9-6-3)75-69(72)63-60-57-54-51-48-46-43-27-25-23-20-17-14-11-8-5-2/h7,10,12,15-16,19-20,23-24,26-27,29-30,32-33,43,66H,4-6,8-9,11,13-14,17-18,21-22,25,28,31,34-42,44-65H2,1-3H3/b10-7-,15-12-,19-16-,23-20-,26-24-,30-29-,33-32-,43-27-. The number of esters is 3. The predicted molar refractivity (Wildman–Crippen MR) is 325 cm³/mol. The quantitative estimate of drug-likeness (QED) is 0.0261. The molecule has 0 aliphatic carbocycles. The van der Waals surface area contributed by atoms with E-state index in [1.807, 2.05) is 0 Å². The second kappa shape index (κ2) is 62.9. The van der Waals surface area contributed by atoms with Crippen LogP contribution in [-0.4, -0.2) is 37.2 Å². The Hall–Kier alpha value is -3.67. The minimum absolute atomic E-state index is 0.0841. The Bertz CT molecular complexity index is 1480. The normalized spacial score (nSPS) is 12.7. The van der Waals surface area contributed by atoms with Gasteiger partial charge in [0.05, 0.1) is 0 Å². The van der Waals surface area contributed by atoms with Crippen LogP contribution in [0.3, 0.4) is 0 Å². The average molecular weight is 1040 g/mol. The number of ether oxygens (including phenoxy) is 3. The lowest BCUT2D eigenvalue weighted by molar-refractivity contribution is -0.167. The van der Waals surface area contributed by atoms with Gasteiger partial charge in [0.2, 0.25) is 0 Å². The summed E-state index contributed by atoms with van der Waals surface area (Å²) in [6.45, 7) is 6.45. The SMILES string of the molecule is CC/C=C\C/C=C\C/C=C\C/C=C\C/C=C\CCCCCCCCCCCCCCCCCC(=O)OCC(COC(=O)CCCCCCC/C=C\CCC)OC(=O)CCCCCCC/C=C\C/C=C\CCCCCC. The van der Waals surface area contributed by atoms with Gasteiger partial charge in [-0.1, -0.05) is 266 Å². The van der Waals surface area contributed by atoms with Crippen LogP contribution in [0.5, 0.6) is 0 Å². The lowest BCUT2D eigenvalue weighted by Crippen LogP contribution is -2.30. The van der Waals surface area contributed by atoms with Gasteiger partial charge in [0.1, 0.15) is 13.2 Å². The summed E-state index contributed by atoms with van der Waals surface area (Å²) in [5.74, 6) is -0.902. The molecule has 0 saturated carbocycles. The van der Waals surface area contributed by atoms with E-state index in [1.165, 1.54) is 135 Å². The first-order valence-corrected chi connectivity index (χ1v) is 31.7. The molecule has 430 valence electrons. The van der Waals surface area contributed by atoms with Crippen molar-refractivity contribution in [2.45, 2.75) is 309 Å². The highest BCUT2D eigenvalue weighted by Gasteiger charge is 2.19. The largest absolute Gasteiger partial charge is 0.462 e. The third-order valence-corrected chi connectivity index (χ3v) is 13.5. The number of carbonyl (C=O) groups is 3. The van der Waals surface area contributed by atoms with Crippen molar-refractivity contribution in [3.8, 4) is 0 Å². The van der Waals surface area contributed by atoms with Gasteiger partial charge in [-0.2, -0.15) is 0 Å². The van der Waals surface area contributed by atoms with Gasteiger partial charge in [0.25, 0.3) is 0 Å². The zero-order valence-electron chi connectivity index (χ0n) is 49.3. The second-order valence-electron chi connectivity index (χ2n) is 20.9. The van der Waals surface area contributed by atoms with Gasteiger partial charge in [0.15, 0.2) is 6.10 Å². The van der Waals surface area contributed by atoms with Crippen LogP contribution >= 0.6 is 0 Å². The summed E-state index contributed by atoms with van der Waals surface area (Å²) in [5.41, 5.74) is 0. The molecule has 0 N–H and O–H groups in total. The van der Waals surface area contributed by atoms with Gasteiger partial charge >= 0.3 is 17.9 Å². The van der Waals surface area contributed by atoms with Crippen molar-refractivity contribution in [1.82, 2.24) is 0 Å². The molecule has 0 aliphatic rings. The highest BCUT2D eigenvalue weighted by molar-refractivity contribution is 5.71.